The average Bonchev–Trinajstić information content (AvgIpc) is 3.83. The fraction of sp³-hybridized carbons (Fsp3) is 0.391. The number of hydrogen-bond acceptors (Lipinski definition) is 3. The second-order valence-electron chi connectivity index (χ2n) is 28.1. The SMILES string of the molecule is CC1(C)CCC(C)(C)c2cc(N3c4cc5c(cc4B4c6c3cc3c(oc7ccccc73)c6-c3cc6c(cc3N4c3ccccc3)C(C)(C)c3cc4c(cc3-6)C(C)(C)CCC4(C)C)C(C)(C)CCC5(C)C)ccc21. The van der Waals surface area contributed by atoms with Crippen LogP contribution in [0.15, 0.2) is 120 Å². The predicted octanol–water partition coefficient (Wildman–Crippen LogP) is 17.6. The average molecular weight is 957 g/mol. The molecular weight excluding hydrogens is 884 g/mol. The minimum Gasteiger partial charge on any atom is -0.455 e. The molecular formula is C69H73BN2O. The van der Waals surface area contributed by atoms with Gasteiger partial charge in [-0.25, -0.2) is 0 Å². The van der Waals surface area contributed by atoms with Gasteiger partial charge in [-0.3, -0.25) is 0 Å². The second kappa shape index (κ2) is 14.2. The molecule has 7 aromatic carbocycles. The minimum atomic E-state index is -0.212. The molecule has 0 amide bonds. The van der Waals surface area contributed by atoms with E-state index in [0.717, 1.165) is 29.4 Å². The summed E-state index contributed by atoms with van der Waals surface area (Å²) in [7, 11) is 0. The number of furan rings is 1. The van der Waals surface area contributed by atoms with Crippen molar-refractivity contribution in [2.75, 3.05) is 9.71 Å². The van der Waals surface area contributed by atoms with Gasteiger partial charge in [-0.1, -0.05) is 152 Å². The maximum absolute atomic E-state index is 7.34. The van der Waals surface area contributed by atoms with E-state index >= 15 is 0 Å². The standard InChI is InChI=1S/C69H73BN2O/c1-63(2)26-27-64(3,4)50-32-41(24-25-47(50)63)71-57-39-54-53(67(9,10)30-31-68(54,11)12)37-55(57)70-61-58(71)35-45-42-22-18-19-23-59(42)73-62(45)60(61)46-33-43-44-34-51-52(66(7,8)29-28-65(51,5)6)36-48(44)69(13,14)49(43)38-56(46)72(70)40-20-16-15-17-21-40/h15-25,32-39H,26-31H2,1-14H3. The van der Waals surface area contributed by atoms with Crippen molar-refractivity contribution in [3.05, 3.63) is 160 Å². The Morgan fingerprint density at radius 3 is 1.58 bits per heavy atom. The maximum atomic E-state index is 7.34. The summed E-state index contributed by atoms with van der Waals surface area (Å²) >= 11 is 0. The van der Waals surface area contributed by atoms with E-state index in [1.54, 1.807) is 0 Å². The highest BCUT2D eigenvalue weighted by Gasteiger charge is 2.51. The first-order chi connectivity index (χ1) is 34.4. The predicted molar refractivity (Wildman–Crippen MR) is 311 cm³/mol. The van der Waals surface area contributed by atoms with Gasteiger partial charge in [0.2, 0.25) is 0 Å². The molecule has 73 heavy (non-hydrogen) atoms. The molecule has 6 aliphatic rings. The molecule has 368 valence electrons. The smallest absolute Gasteiger partial charge is 0.333 e. The van der Waals surface area contributed by atoms with Crippen molar-refractivity contribution >= 4 is 68.1 Å². The number of hydrogen-bond donors (Lipinski definition) is 0. The molecule has 0 radical (unpaired) electrons. The normalized spacial score (nSPS) is 21.1. The summed E-state index contributed by atoms with van der Waals surface area (Å²) in [5.41, 5.74) is 28.1. The summed E-state index contributed by atoms with van der Waals surface area (Å²) in [5, 5.41) is 2.34. The lowest BCUT2D eigenvalue weighted by Gasteiger charge is -2.49. The Morgan fingerprint density at radius 1 is 0.397 bits per heavy atom. The van der Waals surface area contributed by atoms with Gasteiger partial charge in [0.1, 0.15) is 11.2 Å². The van der Waals surface area contributed by atoms with E-state index in [1.165, 1.54) is 137 Å². The summed E-state index contributed by atoms with van der Waals surface area (Å²) < 4.78 is 7.34. The van der Waals surface area contributed by atoms with E-state index in [9.17, 15) is 0 Å². The second-order valence-corrected chi connectivity index (χ2v) is 28.1. The molecule has 3 heterocycles. The number of rotatable bonds is 2. The third kappa shape index (κ3) is 6.07. The minimum absolute atomic E-state index is 0.0149. The fourth-order valence-corrected chi connectivity index (χ4v) is 15.4. The van der Waals surface area contributed by atoms with Crippen LogP contribution in [0.4, 0.5) is 28.4 Å². The number of anilines is 5. The first-order valence-electron chi connectivity index (χ1n) is 27.8. The largest absolute Gasteiger partial charge is 0.455 e. The van der Waals surface area contributed by atoms with Crippen molar-refractivity contribution in [3.63, 3.8) is 0 Å². The van der Waals surface area contributed by atoms with E-state index < -0.39 is 0 Å². The zero-order chi connectivity index (χ0) is 50.9. The first-order valence-corrected chi connectivity index (χ1v) is 27.8. The van der Waals surface area contributed by atoms with Gasteiger partial charge in [0.05, 0.1) is 0 Å². The van der Waals surface area contributed by atoms with Gasteiger partial charge in [0, 0.05) is 55.8 Å². The molecule has 0 spiro atoms. The van der Waals surface area contributed by atoms with E-state index in [0.29, 0.717) is 0 Å². The summed E-state index contributed by atoms with van der Waals surface area (Å²) in [5.74, 6) is 0. The Labute approximate surface area is 435 Å². The highest BCUT2D eigenvalue weighted by atomic mass is 16.3. The number of nitrogens with zero attached hydrogens (tertiary/aromatic N) is 2. The van der Waals surface area contributed by atoms with Crippen LogP contribution in [0.1, 0.15) is 180 Å². The van der Waals surface area contributed by atoms with Gasteiger partial charge in [0.15, 0.2) is 0 Å². The highest BCUT2D eigenvalue weighted by molar-refractivity contribution is 6.94. The molecule has 0 atom stereocenters. The van der Waals surface area contributed by atoms with E-state index in [2.05, 4.69) is 222 Å². The molecule has 0 bridgehead atoms. The lowest BCUT2D eigenvalue weighted by atomic mass is 9.42. The zero-order valence-corrected chi connectivity index (χ0v) is 46.1. The van der Waals surface area contributed by atoms with E-state index in [4.69, 9.17) is 4.42 Å². The maximum Gasteiger partial charge on any atom is 0.333 e. The van der Waals surface area contributed by atoms with Crippen LogP contribution in [0.5, 0.6) is 0 Å². The van der Waals surface area contributed by atoms with Gasteiger partial charge in [-0.15, -0.1) is 0 Å². The summed E-state index contributed by atoms with van der Waals surface area (Å²) in [6, 6.07) is 46.0. The molecule has 0 unspecified atom stereocenters. The monoisotopic (exact) mass is 957 g/mol. The number of fused-ring (bicyclic) bond motifs is 14. The molecule has 4 aliphatic carbocycles. The summed E-state index contributed by atoms with van der Waals surface area (Å²) in [6.45, 7) is 34.5. The first kappa shape index (κ1) is 45.6. The Morgan fingerprint density at radius 2 is 0.918 bits per heavy atom. The molecule has 8 aromatic rings. The van der Waals surface area contributed by atoms with Crippen LogP contribution in [0.3, 0.4) is 0 Å². The molecule has 4 heteroatoms. The van der Waals surface area contributed by atoms with Crippen LogP contribution >= 0.6 is 0 Å². The molecule has 0 N–H and O–H groups in total. The van der Waals surface area contributed by atoms with Gasteiger partial charge in [-0.05, 0) is 198 Å². The van der Waals surface area contributed by atoms with Crippen molar-refractivity contribution in [1.82, 2.24) is 0 Å². The Bertz CT molecular complexity index is 3740. The van der Waals surface area contributed by atoms with Gasteiger partial charge >= 0.3 is 6.85 Å². The number of para-hydroxylation sites is 2. The third-order valence-electron chi connectivity index (χ3n) is 20.4. The van der Waals surface area contributed by atoms with Crippen LogP contribution in [0.2, 0.25) is 0 Å². The number of benzene rings is 7. The zero-order valence-electron chi connectivity index (χ0n) is 46.1. The van der Waals surface area contributed by atoms with Crippen molar-refractivity contribution in [2.24, 2.45) is 0 Å². The van der Waals surface area contributed by atoms with Gasteiger partial charge in [-0.2, -0.15) is 0 Å². The van der Waals surface area contributed by atoms with E-state index in [-0.39, 0.29) is 44.8 Å². The van der Waals surface area contributed by atoms with Crippen molar-refractivity contribution in [1.29, 1.82) is 0 Å². The van der Waals surface area contributed by atoms with Crippen molar-refractivity contribution in [2.45, 2.75) is 173 Å². The highest BCUT2D eigenvalue weighted by Crippen LogP contribution is 2.60. The lowest BCUT2D eigenvalue weighted by Crippen LogP contribution is -2.62. The van der Waals surface area contributed by atoms with Crippen molar-refractivity contribution < 1.29 is 4.42 Å². The van der Waals surface area contributed by atoms with Crippen LogP contribution in [0, 0.1) is 0 Å². The molecule has 2 aliphatic heterocycles. The third-order valence-corrected chi connectivity index (χ3v) is 20.4. The van der Waals surface area contributed by atoms with Gasteiger partial charge in [0.25, 0.3) is 0 Å². The molecule has 14 rings (SSSR count). The molecule has 1 aromatic heterocycles. The topological polar surface area (TPSA) is 19.6 Å². The van der Waals surface area contributed by atoms with Crippen LogP contribution < -0.4 is 20.6 Å². The molecule has 0 saturated carbocycles. The molecule has 3 nitrogen and oxygen atoms in total. The van der Waals surface area contributed by atoms with Crippen LogP contribution in [-0.2, 0) is 37.9 Å². The Kier molecular flexibility index (Phi) is 8.89. The molecule has 0 saturated heterocycles. The summed E-state index contributed by atoms with van der Waals surface area (Å²) in [4.78, 5) is 5.45. The Balaban J connectivity index is 1.15. The summed E-state index contributed by atoms with van der Waals surface area (Å²) in [6.07, 6.45) is 7.06. The quantitative estimate of drug-likeness (QED) is 0.161. The lowest BCUT2D eigenvalue weighted by molar-refractivity contribution is 0.331. The Hall–Kier alpha value is -6.00. The van der Waals surface area contributed by atoms with E-state index in [1.807, 2.05) is 0 Å². The van der Waals surface area contributed by atoms with Crippen LogP contribution in [-0.4, -0.2) is 6.85 Å². The fourth-order valence-electron chi connectivity index (χ4n) is 15.4. The van der Waals surface area contributed by atoms with Crippen LogP contribution in [0.25, 0.3) is 44.2 Å². The van der Waals surface area contributed by atoms with Gasteiger partial charge < -0.3 is 14.1 Å². The molecule has 0 fully saturated rings. The van der Waals surface area contributed by atoms with Crippen molar-refractivity contribution in [3.8, 4) is 22.3 Å².